The van der Waals surface area contributed by atoms with Crippen molar-refractivity contribution in [1.82, 2.24) is 0 Å². The molecule has 0 fully saturated rings. The average molecular weight is 289 g/mol. The summed E-state index contributed by atoms with van der Waals surface area (Å²) in [6, 6.07) is 10.1. The van der Waals surface area contributed by atoms with Crippen LogP contribution in [0.4, 0.5) is 10.1 Å². The summed E-state index contributed by atoms with van der Waals surface area (Å²) in [6.45, 7) is 2.25. The summed E-state index contributed by atoms with van der Waals surface area (Å²) < 4.78 is 17.9. The molecule has 2 rings (SSSR count). The largest absolute Gasteiger partial charge is 0.504 e. The smallest absolute Gasteiger partial charge is 0.258 e. The third-order valence-corrected chi connectivity index (χ3v) is 3.13. The molecule has 0 aliphatic carbocycles. The van der Waals surface area contributed by atoms with Crippen LogP contribution in [0.25, 0.3) is 0 Å². The minimum absolute atomic E-state index is 0.0986. The van der Waals surface area contributed by atoms with Crippen molar-refractivity contribution in [2.45, 2.75) is 6.92 Å². The highest BCUT2D eigenvalue weighted by Gasteiger charge is 2.17. The number of phenols is 1. The third kappa shape index (κ3) is 3.13. The monoisotopic (exact) mass is 289 g/mol. The first-order valence-electron chi connectivity index (χ1n) is 6.51. The van der Waals surface area contributed by atoms with Crippen LogP contribution >= 0.6 is 0 Å². The van der Waals surface area contributed by atoms with Gasteiger partial charge in [-0.15, -0.1) is 0 Å². The highest BCUT2D eigenvalue weighted by Crippen LogP contribution is 2.27. The van der Waals surface area contributed by atoms with Gasteiger partial charge >= 0.3 is 0 Å². The molecule has 1 amide bonds. The van der Waals surface area contributed by atoms with Gasteiger partial charge in [0.15, 0.2) is 11.5 Å². The fourth-order valence-corrected chi connectivity index (χ4v) is 2.04. The Labute approximate surface area is 122 Å². The van der Waals surface area contributed by atoms with E-state index in [9.17, 15) is 14.3 Å². The second kappa shape index (κ2) is 6.26. The van der Waals surface area contributed by atoms with Crippen molar-refractivity contribution in [2.75, 3.05) is 18.6 Å². The first-order chi connectivity index (χ1) is 10.1. The molecule has 110 valence electrons. The lowest BCUT2D eigenvalue weighted by molar-refractivity contribution is 0.0988. The fraction of sp³-hybridized carbons (Fsp3) is 0.188. The van der Waals surface area contributed by atoms with Crippen molar-refractivity contribution in [1.29, 1.82) is 0 Å². The molecule has 4 nitrogen and oxygen atoms in total. The summed E-state index contributed by atoms with van der Waals surface area (Å²) in [7, 11) is 1.44. The van der Waals surface area contributed by atoms with E-state index in [1.165, 1.54) is 36.3 Å². The van der Waals surface area contributed by atoms with Crippen molar-refractivity contribution < 1.29 is 19.0 Å². The second-order valence-electron chi connectivity index (χ2n) is 4.41. The van der Waals surface area contributed by atoms with Crippen LogP contribution in [0.3, 0.4) is 0 Å². The van der Waals surface area contributed by atoms with Crippen molar-refractivity contribution in [2.24, 2.45) is 0 Å². The Bertz CT molecular complexity index is 640. The summed E-state index contributed by atoms with van der Waals surface area (Å²) in [5.41, 5.74) is 0.929. The van der Waals surface area contributed by atoms with Crippen LogP contribution in [0.1, 0.15) is 17.3 Å². The average Bonchev–Trinajstić information content (AvgIpc) is 2.49. The zero-order valence-electron chi connectivity index (χ0n) is 11.8. The molecule has 5 heteroatoms. The molecule has 0 aliphatic heterocycles. The number of carbonyl (C=O) groups excluding carboxylic acids is 1. The predicted molar refractivity (Wildman–Crippen MR) is 78.4 cm³/mol. The summed E-state index contributed by atoms with van der Waals surface area (Å²) in [4.78, 5) is 14.0. The number of aromatic hydroxyl groups is 1. The number of hydrogen-bond acceptors (Lipinski definition) is 3. The number of phenolic OH excluding ortho intramolecular Hbond substituents is 1. The summed E-state index contributed by atoms with van der Waals surface area (Å²) in [6.07, 6.45) is 0. The number of benzene rings is 2. The van der Waals surface area contributed by atoms with Crippen molar-refractivity contribution in [3.63, 3.8) is 0 Å². The third-order valence-electron chi connectivity index (χ3n) is 3.13. The lowest BCUT2D eigenvalue weighted by Crippen LogP contribution is -2.30. The standard InChI is InChI=1S/C16H16FNO3/c1-3-18(13-7-5-12(17)6-8-13)16(20)11-4-9-15(21-2)14(19)10-11/h4-10,19H,3H2,1-2H3. The number of anilines is 1. The van der Waals surface area contributed by atoms with Gasteiger partial charge in [0.25, 0.3) is 5.91 Å². The van der Waals surface area contributed by atoms with Gasteiger partial charge < -0.3 is 14.7 Å². The lowest BCUT2D eigenvalue weighted by atomic mass is 10.1. The SMILES string of the molecule is CCN(C(=O)c1ccc(OC)c(O)c1)c1ccc(F)cc1. The van der Waals surface area contributed by atoms with Crippen LogP contribution in [0.2, 0.25) is 0 Å². The minimum atomic E-state index is -0.357. The summed E-state index contributed by atoms with van der Waals surface area (Å²) in [5.74, 6) is -0.429. The topological polar surface area (TPSA) is 49.8 Å². The molecule has 0 atom stereocenters. The molecule has 0 saturated carbocycles. The normalized spacial score (nSPS) is 10.2. The number of rotatable bonds is 4. The van der Waals surface area contributed by atoms with Gasteiger partial charge in [0.2, 0.25) is 0 Å². The zero-order valence-corrected chi connectivity index (χ0v) is 11.8. The van der Waals surface area contributed by atoms with Crippen molar-refractivity contribution >= 4 is 11.6 Å². The van der Waals surface area contributed by atoms with E-state index < -0.39 is 0 Å². The summed E-state index contributed by atoms with van der Waals surface area (Å²) >= 11 is 0. The van der Waals surface area contributed by atoms with Gasteiger partial charge in [-0.2, -0.15) is 0 Å². The number of amides is 1. The van der Waals surface area contributed by atoms with Crippen LogP contribution in [0.5, 0.6) is 11.5 Å². The van der Waals surface area contributed by atoms with E-state index in [0.717, 1.165) is 0 Å². The molecular weight excluding hydrogens is 273 g/mol. The number of ether oxygens (including phenoxy) is 1. The first kappa shape index (κ1) is 14.8. The van der Waals surface area contributed by atoms with Crippen molar-refractivity contribution in [3.05, 3.63) is 53.8 Å². The minimum Gasteiger partial charge on any atom is -0.504 e. The van der Waals surface area contributed by atoms with Gasteiger partial charge in [0.05, 0.1) is 7.11 Å². The Kier molecular flexibility index (Phi) is 4.42. The van der Waals surface area contributed by atoms with Crippen molar-refractivity contribution in [3.8, 4) is 11.5 Å². The van der Waals surface area contributed by atoms with E-state index in [1.54, 1.807) is 18.2 Å². The Morgan fingerprint density at radius 2 is 1.90 bits per heavy atom. The van der Waals surface area contributed by atoms with E-state index in [2.05, 4.69) is 0 Å². The first-order valence-corrected chi connectivity index (χ1v) is 6.51. The molecule has 2 aromatic rings. The fourth-order valence-electron chi connectivity index (χ4n) is 2.04. The maximum Gasteiger partial charge on any atom is 0.258 e. The van der Waals surface area contributed by atoms with Gasteiger partial charge in [-0.3, -0.25) is 4.79 Å². The van der Waals surface area contributed by atoms with E-state index >= 15 is 0 Å². The Hall–Kier alpha value is -2.56. The Morgan fingerprint density at radius 1 is 1.24 bits per heavy atom. The maximum atomic E-state index is 13.0. The highest BCUT2D eigenvalue weighted by molar-refractivity contribution is 6.06. The number of halogens is 1. The quantitative estimate of drug-likeness (QED) is 0.940. The van der Waals surface area contributed by atoms with Gasteiger partial charge in [-0.1, -0.05) is 0 Å². The number of carbonyl (C=O) groups is 1. The summed E-state index contributed by atoms with van der Waals surface area (Å²) in [5, 5.41) is 9.76. The van der Waals surface area contributed by atoms with E-state index in [0.29, 0.717) is 23.5 Å². The van der Waals surface area contributed by atoms with Crippen LogP contribution in [0, 0.1) is 5.82 Å². The molecule has 0 bridgehead atoms. The van der Waals surface area contributed by atoms with Gasteiger partial charge in [0.1, 0.15) is 5.82 Å². The lowest BCUT2D eigenvalue weighted by Gasteiger charge is -2.21. The van der Waals surface area contributed by atoms with E-state index in [1.807, 2.05) is 6.92 Å². The molecule has 0 saturated heterocycles. The molecule has 2 aromatic carbocycles. The number of methoxy groups -OCH3 is 1. The molecule has 0 aromatic heterocycles. The van der Waals surface area contributed by atoms with E-state index in [4.69, 9.17) is 4.74 Å². The molecule has 0 heterocycles. The molecule has 0 aliphatic rings. The number of hydrogen-bond donors (Lipinski definition) is 1. The molecule has 0 radical (unpaired) electrons. The highest BCUT2D eigenvalue weighted by atomic mass is 19.1. The maximum absolute atomic E-state index is 13.0. The van der Waals surface area contributed by atoms with E-state index in [-0.39, 0.29) is 17.5 Å². The molecular formula is C16H16FNO3. The van der Waals surface area contributed by atoms with Gasteiger partial charge in [0, 0.05) is 17.8 Å². The number of nitrogens with zero attached hydrogens (tertiary/aromatic N) is 1. The molecule has 21 heavy (non-hydrogen) atoms. The molecule has 0 unspecified atom stereocenters. The van der Waals surface area contributed by atoms with Gasteiger partial charge in [-0.25, -0.2) is 4.39 Å². The van der Waals surface area contributed by atoms with Crippen LogP contribution in [-0.4, -0.2) is 24.7 Å². The van der Waals surface area contributed by atoms with Crippen LogP contribution < -0.4 is 9.64 Å². The van der Waals surface area contributed by atoms with Gasteiger partial charge in [-0.05, 0) is 49.4 Å². The molecule has 1 N–H and O–H groups in total. The zero-order chi connectivity index (χ0) is 15.4. The second-order valence-corrected chi connectivity index (χ2v) is 4.41. The predicted octanol–water partition coefficient (Wildman–Crippen LogP) is 3.21. The van der Waals surface area contributed by atoms with Crippen LogP contribution in [0.15, 0.2) is 42.5 Å². The Balaban J connectivity index is 2.32. The van der Waals surface area contributed by atoms with Crippen LogP contribution in [-0.2, 0) is 0 Å². The Morgan fingerprint density at radius 3 is 2.43 bits per heavy atom. The molecule has 0 spiro atoms.